The third-order valence-corrected chi connectivity index (χ3v) is 2.09. The molecule has 1 aromatic rings. The molecule has 0 saturated carbocycles. The fourth-order valence-corrected chi connectivity index (χ4v) is 1.08. The van der Waals surface area contributed by atoms with Crippen molar-refractivity contribution in [3.8, 4) is 0 Å². The van der Waals surface area contributed by atoms with E-state index in [2.05, 4.69) is 5.48 Å². The smallest absolute Gasteiger partial charge is 0.267 e. The van der Waals surface area contributed by atoms with Crippen LogP contribution in [0, 0.1) is 0 Å². The highest BCUT2D eigenvalue weighted by molar-refractivity contribution is 7.85. The van der Waals surface area contributed by atoms with Gasteiger partial charge in [0, 0.05) is 0 Å². The van der Waals surface area contributed by atoms with Crippen LogP contribution < -0.4 is 5.48 Å². The Labute approximate surface area is 82.4 Å². The zero-order valence-corrected chi connectivity index (χ0v) is 8.20. The van der Waals surface area contributed by atoms with Crippen molar-refractivity contribution >= 4 is 15.8 Å². The van der Waals surface area contributed by atoms with Crippen LogP contribution in [0.2, 0.25) is 0 Å². The van der Waals surface area contributed by atoms with Crippen molar-refractivity contribution in [1.82, 2.24) is 0 Å². The summed E-state index contributed by atoms with van der Waals surface area (Å²) in [5.74, 6) is -0.424. The summed E-state index contributed by atoms with van der Waals surface area (Å²) in [6.07, 6.45) is 0. The zero-order valence-electron chi connectivity index (χ0n) is 7.38. The summed E-state index contributed by atoms with van der Waals surface area (Å²) in [6, 6.07) is 9.02. The van der Waals surface area contributed by atoms with Gasteiger partial charge in [0.2, 0.25) is 0 Å². The van der Waals surface area contributed by atoms with Gasteiger partial charge in [-0.15, -0.1) is 0 Å². The van der Waals surface area contributed by atoms with E-state index in [4.69, 9.17) is 9.39 Å². The van der Waals surface area contributed by atoms with Crippen molar-refractivity contribution in [3.63, 3.8) is 0 Å². The SMILES string of the molecule is O=S(=O)(O)CCONc1ccccc1. The van der Waals surface area contributed by atoms with Crippen molar-refractivity contribution in [3.05, 3.63) is 30.3 Å². The lowest BCUT2D eigenvalue weighted by molar-refractivity contribution is 0.210. The highest BCUT2D eigenvalue weighted by Crippen LogP contribution is 2.04. The fourth-order valence-electron chi connectivity index (χ4n) is 0.788. The van der Waals surface area contributed by atoms with Gasteiger partial charge in [0.25, 0.3) is 10.1 Å². The molecular weight excluding hydrogens is 206 g/mol. The summed E-state index contributed by atoms with van der Waals surface area (Å²) in [6.45, 7) is -0.103. The van der Waals surface area contributed by atoms with Crippen molar-refractivity contribution < 1.29 is 17.8 Å². The minimum absolute atomic E-state index is 0.103. The summed E-state index contributed by atoms with van der Waals surface area (Å²) in [4.78, 5) is 4.81. The molecule has 14 heavy (non-hydrogen) atoms. The normalized spacial score (nSPS) is 11.2. The van der Waals surface area contributed by atoms with Gasteiger partial charge in [0.15, 0.2) is 0 Å². The van der Waals surface area contributed by atoms with Gasteiger partial charge < -0.3 is 0 Å². The molecule has 78 valence electrons. The van der Waals surface area contributed by atoms with E-state index in [1.807, 2.05) is 18.2 Å². The minimum Gasteiger partial charge on any atom is -0.285 e. The lowest BCUT2D eigenvalue weighted by Gasteiger charge is -2.04. The third kappa shape index (κ3) is 4.80. The van der Waals surface area contributed by atoms with Gasteiger partial charge in [0.1, 0.15) is 5.75 Å². The van der Waals surface area contributed by atoms with Crippen LogP contribution in [0.4, 0.5) is 5.69 Å². The van der Waals surface area contributed by atoms with Crippen LogP contribution in [0.3, 0.4) is 0 Å². The van der Waals surface area contributed by atoms with Gasteiger partial charge in [-0.25, -0.2) is 0 Å². The van der Waals surface area contributed by atoms with Gasteiger partial charge in [0.05, 0.1) is 12.3 Å². The maximum Gasteiger partial charge on any atom is 0.267 e. The molecule has 0 heterocycles. The number of hydrogen-bond donors (Lipinski definition) is 2. The molecule has 0 aliphatic carbocycles. The first-order chi connectivity index (χ1) is 6.58. The molecule has 2 N–H and O–H groups in total. The Morgan fingerprint density at radius 3 is 2.50 bits per heavy atom. The van der Waals surface area contributed by atoms with Crippen molar-refractivity contribution in [1.29, 1.82) is 0 Å². The lowest BCUT2D eigenvalue weighted by Crippen LogP contribution is -2.13. The predicted octanol–water partition coefficient (Wildman–Crippen LogP) is 0.918. The van der Waals surface area contributed by atoms with Crippen molar-refractivity contribution in [2.45, 2.75) is 0 Å². The average molecular weight is 217 g/mol. The van der Waals surface area contributed by atoms with Crippen LogP contribution in [0.15, 0.2) is 30.3 Å². The predicted molar refractivity (Wildman–Crippen MR) is 52.4 cm³/mol. The van der Waals surface area contributed by atoms with E-state index in [0.29, 0.717) is 0 Å². The fraction of sp³-hybridized carbons (Fsp3) is 0.250. The van der Waals surface area contributed by atoms with Crippen LogP contribution in [0.1, 0.15) is 0 Å². The molecule has 0 unspecified atom stereocenters. The quantitative estimate of drug-likeness (QED) is 0.435. The van der Waals surface area contributed by atoms with Gasteiger partial charge >= 0.3 is 0 Å². The number of nitrogens with one attached hydrogen (secondary N) is 1. The number of rotatable bonds is 5. The standard InChI is InChI=1S/C8H11NO4S/c10-14(11,12)7-6-13-9-8-4-2-1-3-5-8/h1-5,9H,6-7H2,(H,10,11,12). The van der Waals surface area contributed by atoms with E-state index in [0.717, 1.165) is 5.69 Å². The molecule has 0 bridgehead atoms. The van der Waals surface area contributed by atoms with E-state index >= 15 is 0 Å². The molecular formula is C8H11NO4S. The Morgan fingerprint density at radius 2 is 1.93 bits per heavy atom. The summed E-state index contributed by atoms with van der Waals surface area (Å²) in [7, 11) is -3.94. The van der Waals surface area contributed by atoms with E-state index < -0.39 is 15.9 Å². The summed E-state index contributed by atoms with van der Waals surface area (Å²) < 4.78 is 29.0. The molecule has 5 nitrogen and oxygen atoms in total. The molecule has 0 radical (unpaired) electrons. The molecule has 6 heteroatoms. The van der Waals surface area contributed by atoms with Crippen LogP contribution in [-0.4, -0.2) is 25.3 Å². The second-order valence-electron chi connectivity index (χ2n) is 2.60. The highest BCUT2D eigenvalue weighted by Gasteiger charge is 2.03. The Balaban J connectivity index is 2.23. The Bertz CT molecular complexity index is 362. The maximum absolute atomic E-state index is 10.3. The summed E-state index contributed by atoms with van der Waals surface area (Å²) >= 11 is 0. The molecule has 1 aromatic carbocycles. The molecule has 0 atom stereocenters. The molecule has 0 amide bonds. The van der Waals surface area contributed by atoms with Crippen LogP contribution in [-0.2, 0) is 15.0 Å². The minimum atomic E-state index is -3.94. The van der Waals surface area contributed by atoms with E-state index in [9.17, 15) is 8.42 Å². The summed E-state index contributed by atoms with van der Waals surface area (Å²) in [5, 5.41) is 0. The first-order valence-electron chi connectivity index (χ1n) is 3.96. The molecule has 0 aromatic heterocycles. The van der Waals surface area contributed by atoms with Gasteiger partial charge in [-0.2, -0.15) is 8.42 Å². The third-order valence-electron chi connectivity index (χ3n) is 1.41. The molecule has 0 aliphatic heterocycles. The van der Waals surface area contributed by atoms with Crippen molar-refractivity contribution in [2.24, 2.45) is 0 Å². The monoisotopic (exact) mass is 217 g/mol. The van der Waals surface area contributed by atoms with E-state index in [1.165, 1.54) is 0 Å². The van der Waals surface area contributed by atoms with Crippen LogP contribution in [0.25, 0.3) is 0 Å². The molecule has 0 saturated heterocycles. The molecule has 0 fully saturated rings. The van der Waals surface area contributed by atoms with Crippen LogP contribution in [0.5, 0.6) is 0 Å². The first kappa shape index (κ1) is 11.0. The molecule has 0 spiro atoms. The molecule has 0 aliphatic rings. The van der Waals surface area contributed by atoms with Gasteiger partial charge in [-0.1, -0.05) is 18.2 Å². The second kappa shape index (κ2) is 4.94. The second-order valence-corrected chi connectivity index (χ2v) is 4.17. The summed E-state index contributed by atoms with van der Waals surface area (Å²) in [5.41, 5.74) is 3.27. The highest BCUT2D eigenvalue weighted by atomic mass is 32.2. The van der Waals surface area contributed by atoms with Crippen LogP contribution >= 0.6 is 0 Å². The number of hydrogen-bond acceptors (Lipinski definition) is 4. The number of benzene rings is 1. The Kier molecular flexibility index (Phi) is 3.87. The topological polar surface area (TPSA) is 75.6 Å². The lowest BCUT2D eigenvalue weighted by atomic mass is 10.3. The maximum atomic E-state index is 10.3. The van der Waals surface area contributed by atoms with Crippen molar-refractivity contribution in [2.75, 3.05) is 17.8 Å². The molecule has 1 rings (SSSR count). The number of anilines is 1. The van der Waals surface area contributed by atoms with E-state index in [1.54, 1.807) is 12.1 Å². The first-order valence-corrected chi connectivity index (χ1v) is 5.57. The van der Waals surface area contributed by atoms with E-state index in [-0.39, 0.29) is 6.61 Å². The van der Waals surface area contributed by atoms with Gasteiger partial charge in [-0.05, 0) is 12.1 Å². The largest absolute Gasteiger partial charge is 0.285 e. The Hall–Kier alpha value is -1.11. The average Bonchev–Trinajstić information content (AvgIpc) is 2.13. The Morgan fingerprint density at radius 1 is 1.29 bits per heavy atom. The zero-order chi connectivity index (χ0) is 10.4. The van der Waals surface area contributed by atoms with Gasteiger partial charge in [-0.3, -0.25) is 14.9 Å². The number of para-hydroxylation sites is 1.